The van der Waals surface area contributed by atoms with Gasteiger partial charge in [-0.15, -0.1) is 0 Å². The van der Waals surface area contributed by atoms with Crippen LogP contribution in [-0.4, -0.2) is 21.3 Å². The van der Waals surface area contributed by atoms with Gasteiger partial charge in [0, 0.05) is 6.54 Å². The molecule has 0 aliphatic rings. The largest absolute Gasteiger partial charge is 0.343 e. The van der Waals surface area contributed by atoms with Gasteiger partial charge < -0.3 is 5.73 Å². The highest BCUT2D eigenvalue weighted by molar-refractivity contribution is 4.62. The van der Waals surface area contributed by atoms with Gasteiger partial charge in [0.25, 0.3) is 0 Å². The Morgan fingerprint density at radius 3 is 3.00 bits per heavy atom. The lowest BCUT2D eigenvalue weighted by atomic mass is 10.3. The number of aryl methyl sites for hydroxylation is 1. The van der Waals surface area contributed by atoms with E-state index >= 15 is 0 Å². The predicted octanol–water partition coefficient (Wildman–Crippen LogP) is -0.690. The third-order valence-corrected chi connectivity index (χ3v) is 1.47. The van der Waals surface area contributed by atoms with Gasteiger partial charge in [0.15, 0.2) is 0 Å². The summed E-state index contributed by atoms with van der Waals surface area (Å²) in [6.07, 6.45) is 3.37. The molecule has 0 saturated carbocycles. The summed E-state index contributed by atoms with van der Waals surface area (Å²) in [5.41, 5.74) is 5.14. The summed E-state index contributed by atoms with van der Waals surface area (Å²) in [6, 6.07) is 0. The highest BCUT2D eigenvalue weighted by atomic mass is 16.1. The Morgan fingerprint density at radius 2 is 2.45 bits per heavy atom. The van der Waals surface area contributed by atoms with Crippen LogP contribution in [0.2, 0.25) is 0 Å². The molecule has 5 nitrogen and oxygen atoms in total. The number of nitrogens with one attached hydrogen (secondary N) is 1. The third-order valence-electron chi connectivity index (χ3n) is 1.47. The quantitative estimate of drug-likeness (QED) is 0.566. The number of aromatic nitrogens is 3. The van der Waals surface area contributed by atoms with E-state index in [0.29, 0.717) is 13.1 Å². The van der Waals surface area contributed by atoms with E-state index in [1.54, 1.807) is 0 Å². The van der Waals surface area contributed by atoms with Gasteiger partial charge in [0.2, 0.25) is 0 Å². The SMILES string of the molecule is NCCCCn1cn[nH]c1=O. The Hall–Kier alpha value is -1.10. The minimum Gasteiger partial charge on any atom is -0.330 e. The average molecular weight is 156 g/mol. The molecule has 3 N–H and O–H groups in total. The lowest BCUT2D eigenvalue weighted by Gasteiger charge is -1.96. The molecule has 0 unspecified atom stereocenters. The summed E-state index contributed by atoms with van der Waals surface area (Å²) in [5, 5.41) is 5.92. The molecule has 1 heterocycles. The highest BCUT2D eigenvalue weighted by Crippen LogP contribution is 1.88. The summed E-state index contributed by atoms with van der Waals surface area (Å²) in [4.78, 5) is 10.8. The van der Waals surface area contributed by atoms with Crippen LogP contribution in [0.1, 0.15) is 12.8 Å². The van der Waals surface area contributed by atoms with Gasteiger partial charge in [0.1, 0.15) is 6.33 Å². The second-order valence-corrected chi connectivity index (χ2v) is 2.35. The Bertz CT molecular complexity index is 251. The number of rotatable bonds is 4. The van der Waals surface area contributed by atoms with Crippen molar-refractivity contribution in [3.63, 3.8) is 0 Å². The zero-order valence-corrected chi connectivity index (χ0v) is 6.29. The van der Waals surface area contributed by atoms with Crippen molar-refractivity contribution in [3.8, 4) is 0 Å². The fourth-order valence-corrected chi connectivity index (χ4v) is 0.856. The molecule has 0 radical (unpaired) electrons. The molecule has 1 aromatic heterocycles. The van der Waals surface area contributed by atoms with Crippen molar-refractivity contribution in [1.29, 1.82) is 0 Å². The number of unbranched alkanes of at least 4 members (excludes halogenated alkanes) is 1. The average Bonchev–Trinajstić information content (AvgIpc) is 2.37. The van der Waals surface area contributed by atoms with E-state index in [1.165, 1.54) is 10.9 Å². The van der Waals surface area contributed by atoms with E-state index in [-0.39, 0.29) is 5.69 Å². The molecule has 1 aromatic rings. The molecule has 5 heteroatoms. The monoisotopic (exact) mass is 156 g/mol. The third kappa shape index (κ3) is 2.19. The summed E-state index contributed by atoms with van der Waals surface area (Å²) < 4.78 is 1.54. The predicted molar refractivity (Wildman–Crippen MR) is 41.1 cm³/mol. The van der Waals surface area contributed by atoms with E-state index in [0.717, 1.165) is 12.8 Å². The molecule has 0 spiro atoms. The fourth-order valence-electron chi connectivity index (χ4n) is 0.856. The van der Waals surface area contributed by atoms with Crippen LogP contribution in [0, 0.1) is 0 Å². The minimum atomic E-state index is -0.151. The Balaban J connectivity index is 2.39. The van der Waals surface area contributed by atoms with Crippen LogP contribution in [0.15, 0.2) is 11.1 Å². The second kappa shape index (κ2) is 3.92. The first kappa shape index (κ1) is 8.00. The molecular weight excluding hydrogens is 144 g/mol. The molecule has 0 saturated heterocycles. The number of H-pyrrole nitrogens is 1. The van der Waals surface area contributed by atoms with Gasteiger partial charge in [-0.05, 0) is 19.4 Å². The van der Waals surface area contributed by atoms with Crippen LogP contribution in [0.3, 0.4) is 0 Å². The lowest BCUT2D eigenvalue weighted by Crippen LogP contribution is -2.16. The summed E-state index contributed by atoms with van der Waals surface area (Å²) in [6.45, 7) is 1.37. The zero-order valence-electron chi connectivity index (χ0n) is 6.29. The van der Waals surface area contributed by atoms with Gasteiger partial charge in [-0.1, -0.05) is 0 Å². The molecule has 62 valence electrons. The molecule has 1 rings (SSSR count). The molecular formula is C6H12N4O. The standard InChI is InChI=1S/C6H12N4O/c7-3-1-2-4-10-5-8-9-6(10)11/h5H,1-4,7H2,(H,9,11). The molecule has 0 aromatic carbocycles. The summed E-state index contributed by atoms with van der Waals surface area (Å²) in [5.74, 6) is 0. The molecule has 0 amide bonds. The normalized spacial score (nSPS) is 10.3. The molecule has 0 fully saturated rings. The summed E-state index contributed by atoms with van der Waals surface area (Å²) in [7, 11) is 0. The van der Waals surface area contributed by atoms with Gasteiger partial charge in [-0.3, -0.25) is 4.57 Å². The Morgan fingerprint density at radius 1 is 1.64 bits per heavy atom. The maximum Gasteiger partial charge on any atom is 0.343 e. The van der Waals surface area contributed by atoms with Crippen LogP contribution < -0.4 is 11.4 Å². The smallest absolute Gasteiger partial charge is 0.330 e. The number of hydrogen-bond donors (Lipinski definition) is 2. The van der Waals surface area contributed by atoms with Gasteiger partial charge >= 0.3 is 5.69 Å². The van der Waals surface area contributed by atoms with E-state index in [2.05, 4.69) is 10.2 Å². The molecule has 0 aliphatic heterocycles. The van der Waals surface area contributed by atoms with Crippen molar-refractivity contribution in [2.75, 3.05) is 6.54 Å². The van der Waals surface area contributed by atoms with Gasteiger partial charge in [-0.25, -0.2) is 9.89 Å². The first-order valence-corrected chi connectivity index (χ1v) is 3.64. The minimum absolute atomic E-state index is 0.151. The molecule has 0 atom stereocenters. The van der Waals surface area contributed by atoms with Crippen molar-refractivity contribution in [1.82, 2.24) is 14.8 Å². The van der Waals surface area contributed by atoms with Crippen molar-refractivity contribution in [2.24, 2.45) is 5.73 Å². The first-order chi connectivity index (χ1) is 5.34. The second-order valence-electron chi connectivity index (χ2n) is 2.35. The maximum atomic E-state index is 10.8. The van der Waals surface area contributed by atoms with E-state index in [1.807, 2.05) is 0 Å². The number of aromatic amines is 1. The van der Waals surface area contributed by atoms with Crippen LogP contribution in [-0.2, 0) is 6.54 Å². The van der Waals surface area contributed by atoms with Crippen molar-refractivity contribution in [3.05, 3.63) is 16.8 Å². The fraction of sp³-hybridized carbons (Fsp3) is 0.667. The van der Waals surface area contributed by atoms with Gasteiger partial charge in [-0.2, -0.15) is 5.10 Å². The van der Waals surface area contributed by atoms with Crippen LogP contribution in [0.25, 0.3) is 0 Å². The van der Waals surface area contributed by atoms with Crippen molar-refractivity contribution >= 4 is 0 Å². The van der Waals surface area contributed by atoms with Crippen LogP contribution >= 0.6 is 0 Å². The summed E-state index contributed by atoms with van der Waals surface area (Å²) >= 11 is 0. The van der Waals surface area contributed by atoms with Gasteiger partial charge in [0.05, 0.1) is 0 Å². The zero-order chi connectivity index (χ0) is 8.10. The Labute approximate surface area is 64.2 Å². The molecule has 0 aliphatic carbocycles. The maximum absolute atomic E-state index is 10.8. The Kier molecular flexibility index (Phi) is 2.85. The van der Waals surface area contributed by atoms with E-state index < -0.39 is 0 Å². The van der Waals surface area contributed by atoms with E-state index in [4.69, 9.17) is 5.73 Å². The number of nitrogens with zero attached hydrogens (tertiary/aromatic N) is 2. The lowest BCUT2D eigenvalue weighted by molar-refractivity contribution is 0.599. The topological polar surface area (TPSA) is 76.7 Å². The molecule has 0 bridgehead atoms. The van der Waals surface area contributed by atoms with Crippen LogP contribution in [0.4, 0.5) is 0 Å². The van der Waals surface area contributed by atoms with Crippen molar-refractivity contribution in [2.45, 2.75) is 19.4 Å². The number of hydrogen-bond acceptors (Lipinski definition) is 3. The van der Waals surface area contributed by atoms with Crippen molar-refractivity contribution < 1.29 is 0 Å². The van der Waals surface area contributed by atoms with Crippen LogP contribution in [0.5, 0.6) is 0 Å². The highest BCUT2D eigenvalue weighted by Gasteiger charge is 1.94. The van der Waals surface area contributed by atoms with E-state index in [9.17, 15) is 4.79 Å². The number of nitrogens with two attached hydrogens (primary N) is 1. The first-order valence-electron chi connectivity index (χ1n) is 3.64. The molecule has 11 heavy (non-hydrogen) atoms.